The van der Waals surface area contributed by atoms with Crippen molar-refractivity contribution in [2.75, 3.05) is 0 Å². The van der Waals surface area contributed by atoms with Crippen molar-refractivity contribution < 1.29 is 17.4 Å². The van der Waals surface area contributed by atoms with Crippen LogP contribution in [0.1, 0.15) is 22.8 Å². The van der Waals surface area contributed by atoms with Crippen LogP contribution in [0.25, 0.3) is 10.8 Å². The zero-order chi connectivity index (χ0) is 17.8. The molecule has 3 aromatic rings. The standard InChI is InChI=1S/C20H18O4S/c1-14-7-11-19(12-8-14)24-25(22)23-15(2)20(21)18-10-9-16-5-3-4-6-17(16)13-18/h3-13,15H,1-2H3. The van der Waals surface area contributed by atoms with Crippen LogP contribution in [0, 0.1) is 6.92 Å². The van der Waals surface area contributed by atoms with E-state index in [1.54, 1.807) is 31.2 Å². The summed E-state index contributed by atoms with van der Waals surface area (Å²) in [5, 5.41) is 2.02. The summed E-state index contributed by atoms with van der Waals surface area (Å²) < 4.78 is 22.4. The Hall–Kier alpha value is -2.50. The molecule has 0 spiro atoms. The van der Waals surface area contributed by atoms with Gasteiger partial charge in [-0.1, -0.05) is 54.1 Å². The van der Waals surface area contributed by atoms with Gasteiger partial charge in [-0.3, -0.25) is 4.79 Å². The second kappa shape index (κ2) is 7.59. The summed E-state index contributed by atoms with van der Waals surface area (Å²) in [7, 11) is 0. The lowest BCUT2D eigenvalue weighted by atomic mass is 10.0. The molecule has 5 heteroatoms. The van der Waals surface area contributed by atoms with Crippen LogP contribution >= 0.6 is 0 Å². The fourth-order valence-electron chi connectivity index (χ4n) is 2.43. The van der Waals surface area contributed by atoms with Gasteiger partial charge in [-0.25, -0.2) is 4.18 Å². The van der Waals surface area contributed by atoms with E-state index in [1.165, 1.54) is 0 Å². The highest BCUT2D eigenvalue weighted by molar-refractivity contribution is 7.75. The molecule has 0 N–H and O–H groups in total. The minimum Gasteiger partial charge on any atom is -0.380 e. The number of ketones is 1. The molecule has 3 aromatic carbocycles. The number of aryl methyl sites for hydroxylation is 1. The Morgan fingerprint density at radius 1 is 0.960 bits per heavy atom. The first-order valence-electron chi connectivity index (χ1n) is 7.90. The van der Waals surface area contributed by atoms with Crippen molar-refractivity contribution in [3.8, 4) is 5.75 Å². The fraction of sp³-hybridized carbons (Fsp3) is 0.150. The summed E-state index contributed by atoms with van der Waals surface area (Å²) in [4.78, 5) is 12.5. The number of rotatable bonds is 6. The number of fused-ring (bicyclic) bond motifs is 1. The second-order valence-electron chi connectivity index (χ2n) is 5.77. The maximum atomic E-state index is 12.5. The number of carbonyl (C=O) groups is 1. The Balaban J connectivity index is 1.66. The molecule has 0 aliphatic rings. The molecule has 128 valence electrons. The molecule has 0 radical (unpaired) electrons. The van der Waals surface area contributed by atoms with Crippen molar-refractivity contribution in [3.63, 3.8) is 0 Å². The molecule has 0 aliphatic carbocycles. The van der Waals surface area contributed by atoms with Crippen LogP contribution in [0.15, 0.2) is 66.7 Å². The predicted molar refractivity (Wildman–Crippen MR) is 98.8 cm³/mol. The van der Waals surface area contributed by atoms with Gasteiger partial charge in [0.25, 0.3) is 0 Å². The molecule has 25 heavy (non-hydrogen) atoms. The molecule has 0 aliphatic heterocycles. The van der Waals surface area contributed by atoms with E-state index in [9.17, 15) is 9.00 Å². The summed E-state index contributed by atoms with van der Waals surface area (Å²) in [5.41, 5.74) is 1.58. The summed E-state index contributed by atoms with van der Waals surface area (Å²) in [5.74, 6) is 0.181. The Kier molecular flexibility index (Phi) is 5.26. The van der Waals surface area contributed by atoms with Crippen LogP contribution < -0.4 is 4.18 Å². The van der Waals surface area contributed by atoms with Gasteiger partial charge in [-0.05, 0) is 42.8 Å². The molecule has 0 amide bonds. The van der Waals surface area contributed by atoms with Gasteiger partial charge in [-0.15, -0.1) is 0 Å². The van der Waals surface area contributed by atoms with Crippen LogP contribution in [0.2, 0.25) is 0 Å². The molecule has 4 nitrogen and oxygen atoms in total. The zero-order valence-corrected chi connectivity index (χ0v) is 14.8. The summed E-state index contributed by atoms with van der Waals surface area (Å²) in [6.07, 6.45) is -0.882. The van der Waals surface area contributed by atoms with Crippen molar-refractivity contribution in [3.05, 3.63) is 77.9 Å². The molecular weight excluding hydrogens is 336 g/mol. The third kappa shape index (κ3) is 4.32. The number of benzene rings is 3. The molecule has 3 rings (SSSR count). The number of hydrogen-bond acceptors (Lipinski definition) is 4. The summed E-state index contributed by atoms with van der Waals surface area (Å²) >= 11 is -2.05. The fourth-order valence-corrected chi connectivity index (χ4v) is 3.06. The van der Waals surface area contributed by atoms with E-state index < -0.39 is 17.5 Å². The molecule has 0 aromatic heterocycles. The maximum absolute atomic E-state index is 12.5. The molecule has 0 bridgehead atoms. The minimum absolute atomic E-state index is 0.244. The van der Waals surface area contributed by atoms with Crippen molar-refractivity contribution in [2.45, 2.75) is 20.0 Å². The lowest BCUT2D eigenvalue weighted by Gasteiger charge is -2.11. The van der Waals surface area contributed by atoms with E-state index >= 15 is 0 Å². The summed E-state index contributed by atoms with van der Waals surface area (Å²) in [6, 6.07) is 20.3. The molecule has 0 saturated carbocycles. The van der Waals surface area contributed by atoms with Gasteiger partial charge < -0.3 is 4.18 Å². The van der Waals surface area contributed by atoms with E-state index in [0.29, 0.717) is 11.3 Å². The highest BCUT2D eigenvalue weighted by Crippen LogP contribution is 2.18. The Morgan fingerprint density at radius 2 is 1.64 bits per heavy atom. The van der Waals surface area contributed by atoms with Gasteiger partial charge in [0.05, 0.1) is 0 Å². The van der Waals surface area contributed by atoms with E-state index in [2.05, 4.69) is 0 Å². The van der Waals surface area contributed by atoms with Crippen molar-refractivity contribution in [1.82, 2.24) is 0 Å². The quantitative estimate of drug-likeness (QED) is 0.616. The molecule has 0 fully saturated rings. The zero-order valence-electron chi connectivity index (χ0n) is 14.0. The van der Waals surface area contributed by atoms with E-state index in [4.69, 9.17) is 8.37 Å². The Morgan fingerprint density at radius 3 is 2.36 bits per heavy atom. The van der Waals surface area contributed by atoms with E-state index in [-0.39, 0.29) is 5.78 Å². The number of Topliss-reactive ketones (excluding diaryl/α,β-unsaturated/α-hetero) is 1. The lowest BCUT2D eigenvalue weighted by molar-refractivity contribution is 0.0825. The van der Waals surface area contributed by atoms with Crippen LogP contribution in [0.4, 0.5) is 0 Å². The third-order valence-corrected chi connectivity index (χ3v) is 4.59. The van der Waals surface area contributed by atoms with E-state index in [1.807, 2.05) is 49.4 Å². The minimum atomic E-state index is -2.05. The van der Waals surface area contributed by atoms with Crippen molar-refractivity contribution in [2.24, 2.45) is 0 Å². The van der Waals surface area contributed by atoms with Crippen molar-refractivity contribution in [1.29, 1.82) is 0 Å². The highest BCUT2D eigenvalue weighted by Gasteiger charge is 2.20. The number of hydrogen-bond donors (Lipinski definition) is 0. The maximum Gasteiger partial charge on any atom is 0.360 e. The SMILES string of the molecule is Cc1ccc(OS(=O)OC(C)C(=O)c2ccc3ccccc3c2)cc1. The van der Waals surface area contributed by atoms with Crippen LogP contribution in [-0.2, 0) is 15.5 Å². The second-order valence-corrected chi connectivity index (χ2v) is 6.53. The van der Waals surface area contributed by atoms with Crippen LogP contribution in [0.5, 0.6) is 5.75 Å². The average molecular weight is 354 g/mol. The average Bonchev–Trinajstić information content (AvgIpc) is 2.62. The molecule has 0 heterocycles. The van der Waals surface area contributed by atoms with Gasteiger partial charge in [0.2, 0.25) is 0 Å². The first kappa shape index (κ1) is 17.3. The monoisotopic (exact) mass is 354 g/mol. The van der Waals surface area contributed by atoms with Gasteiger partial charge in [0.15, 0.2) is 5.78 Å². The molecule has 0 saturated heterocycles. The van der Waals surface area contributed by atoms with Crippen molar-refractivity contribution >= 4 is 27.9 Å². The Labute approximate surface area is 149 Å². The molecule has 2 unspecified atom stereocenters. The van der Waals surface area contributed by atoms with Gasteiger partial charge in [-0.2, -0.15) is 4.21 Å². The summed E-state index contributed by atoms with van der Waals surface area (Å²) in [6.45, 7) is 3.51. The predicted octanol–water partition coefficient (Wildman–Crippen LogP) is 4.39. The van der Waals surface area contributed by atoms with Gasteiger partial charge >= 0.3 is 11.4 Å². The highest BCUT2D eigenvalue weighted by atomic mass is 32.2. The first-order valence-corrected chi connectivity index (χ1v) is 8.90. The normalized spacial score (nSPS) is 13.4. The lowest BCUT2D eigenvalue weighted by Crippen LogP contribution is -2.23. The topological polar surface area (TPSA) is 52.6 Å². The van der Waals surface area contributed by atoms with Gasteiger partial charge in [0.1, 0.15) is 11.9 Å². The van der Waals surface area contributed by atoms with Gasteiger partial charge in [0, 0.05) is 5.56 Å². The first-order chi connectivity index (χ1) is 12.0. The molecule has 2 atom stereocenters. The third-order valence-electron chi connectivity index (χ3n) is 3.81. The number of carbonyl (C=O) groups excluding carboxylic acids is 1. The van der Waals surface area contributed by atoms with Crippen LogP contribution in [-0.4, -0.2) is 16.1 Å². The Bertz CT molecular complexity index is 918. The van der Waals surface area contributed by atoms with E-state index in [0.717, 1.165) is 16.3 Å². The molecular formula is C20H18O4S. The largest absolute Gasteiger partial charge is 0.380 e. The van der Waals surface area contributed by atoms with Crippen LogP contribution in [0.3, 0.4) is 0 Å². The smallest absolute Gasteiger partial charge is 0.360 e.